The molecular weight excluding hydrogens is 266 g/mol. The van der Waals surface area contributed by atoms with E-state index in [9.17, 15) is 18.7 Å². The molecule has 0 saturated heterocycles. The minimum atomic E-state index is -1.10. The number of carbonyl (C=O) groups is 1. The van der Waals surface area contributed by atoms with Gasteiger partial charge in [0.05, 0.1) is 11.5 Å². The highest BCUT2D eigenvalue weighted by atomic mass is 19.1. The van der Waals surface area contributed by atoms with Crippen molar-refractivity contribution in [2.75, 3.05) is 20.1 Å². The lowest BCUT2D eigenvalue weighted by molar-refractivity contribution is -0.128. The van der Waals surface area contributed by atoms with Gasteiger partial charge < -0.3 is 15.7 Å². The van der Waals surface area contributed by atoms with Crippen LogP contribution in [0.15, 0.2) is 18.2 Å². The molecule has 0 saturated carbocycles. The van der Waals surface area contributed by atoms with Crippen LogP contribution in [0.25, 0.3) is 0 Å². The van der Waals surface area contributed by atoms with Gasteiger partial charge in [-0.25, -0.2) is 8.78 Å². The Balaban J connectivity index is 2.55. The van der Waals surface area contributed by atoms with Gasteiger partial charge in [-0.05, 0) is 19.9 Å². The number of aliphatic hydroxyl groups is 1. The molecule has 4 nitrogen and oxygen atoms in total. The van der Waals surface area contributed by atoms with E-state index in [0.29, 0.717) is 6.54 Å². The summed E-state index contributed by atoms with van der Waals surface area (Å²) in [7, 11) is 1.55. The quantitative estimate of drug-likeness (QED) is 0.740. The summed E-state index contributed by atoms with van der Waals surface area (Å²) in [5.74, 6) is -1.61. The number of rotatable bonds is 6. The van der Waals surface area contributed by atoms with E-state index in [4.69, 9.17) is 0 Å². The molecule has 1 aromatic rings. The highest BCUT2D eigenvalue weighted by Gasteiger charge is 2.26. The molecule has 112 valence electrons. The number of amides is 1. The van der Waals surface area contributed by atoms with Crippen molar-refractivity contribution in [1.82, 2.24) is 10.6 Å². The molecule has 0 spiro atoms. The first kappa shape index (κ1) is 16.5. The Morgan fingerprint density at radius 3 is 2.60 bits per heavy atom. The predicted molar refractivity (Wildman–Crippen MR) is 72.0 cm³/mol. The molecule has 6 heteroatoms. The second kappa shape index (κ2) is 6.76. The molecule has 0 fully saturated rings. The van der Waals surface area contributed by atoms with Gasteiger partial charge in [-0.3, -0.25) is 4.79 Å². The van der Waals surface area contributed by atoms with Crippen LogP contribution in [0.5, 0.6) is 0 Å². The van der Waals surface area contributed by atoms with Gasteiger partial charge in [0, 0.05) is 31.8 Å². The summed E-state index contributed by atoms with van der Waals surface area (Å²) < 4.78 is 26.2. The van der Waals surface area contributed by atoms with E-state index in [1.165, 1.54) is 6.07 Å². The third kappa shape index (κ3) is 4.25. The van der Waals surface area contributed by atoms with Crippen molar-refractivity contribution >= 4 is 5.91 Å². The van der Waals surface area contributed by atoms with Crippen molar-refractivity contribution in [2.45, 2.75) is 20.0 Å². The highest BCUT2D eigenvalue weighted by Crippen LogP contribution is 2.18. The van der Waals surface area contributed by atoms with Crippen molar-refractivity contribution in [3.63, 3.8) is 0 Å². The average Bonchev–Trinajstić information content (AvgIpc) is 2.37. The van der Waals surface area contributed by atoms with E-state index in [2.05, 4.69) is 10.6 Å². The molecular formula is C14H20F2N2O2. The molecule has 20 heavy (non-hydrogen) atoms. The summed E-state index contributed by atoms with van der Waals surface area (Å²) in [6, 6.07) is 3.03. The Hall–Kier alpha value is -1.53. The zero-order valence-electron chi connectivity index (χ0n) is 11.8. The van der Waals surface area contributed by atoms with Gasteiger partial charge in [0.25, 0.3) is 0 Å². The number of halogens is 2. The number of carbonyl (C=O) groups excluding carboxylic acids is 1. The van der Waals surface area contributed by atoms with Crippen LogP contribution < -0.4 is 10.6 Å². The van der Waals surface area contributed by atoms with E-state index >= 15 is 0 Å². The Bertz CT molecular complexity index is 478. The van der Waals surface area contributed by atoms with Crippen molar-refractivity contribution in [3.8, 4) is 0 Å². The largest absolute Gasteiger partial charge is 0.387 e. The van der Waals surface area contributed by atoms with Gasteiger partial charge in [0.1, 0.15) is 11.6 Å². The second-order valence-corrected chi connectivity index (χ2v) is 5.28. The maximum atomic E-state index is 13.5. The third-order valence-corrected chi connectivity index (χ3v) is 3.07. The molecule has 0 aliphatic carbocycles. The van der Waals surface area contributed by atoms with Crippen LogP contribution in [-0.4, -0.2) is 31.2 Å². The molecule has 1 rings (SSSR count). The predicted octanol–water partition coefficient (Wildman–Crippen LogP) is 1.36. The number of aliphatic hydroxyl groups excluding tert-OH is 1. The molecule has 0 radical (unpaired) electrons. The molecule has 3 N–H and O–H groups in total. The standard InChI is InChI=1S/C14H20F2N2O2/c1-14(2,13(20)17-3)8-18-7-12(19)10-5-4-9(15)6-11(10)16/h4-6,12,18-19H,7-8H2,1-3H3,(H,17,20). The van der Waals surface area contributed by atoms with Gasteiger partial charge in [-0.1, -0.05) is 6.07 Å². The van der Waals surface area contributed by atoms with Crippen molar-refractivity contribution in [2.24, 2.45) is 5.41 Å². The average molecular weight is 286 g/mol. The molecule has 1 aromatic carbocycles. The van der Waals surface area contributed by atoms with Gasteiger partial charge >= 0.3 is 0 Å². The second-order valence-electron chi connectivity index (χ2n) is 5.28. The van der Waals surface area contributed by atoms with Crippen LogP contribution >= 0.6 is 0 Å². The summed E-state index contributed by atoms with van der Waals surface area (Å²) in [6.07, 6.45) is -1.10. The first-order chi connectivity index (χ1) is 9.27. The zero-order chi connectivity index (χ0) is 15.3. The summed E-state index contributed by atoms with van der Waals surface area (Å²) in [5, 5.41) is 15.3. The van der Waals surface area contributed by atoms with E-state index in [1.807, 2.05) is 0 Å². The van der Waals surface area contributed by atoms with E-state index in [1.54, 1.807) is 20.9 Å². The lowest BCUT2D eigenvalue weighted by atomic mass is 9.92. The molecule has 1 atom stereocenters. The van der Waals surface area contributed by atoms with Crippen molar-refractivity contribution in [3.05, 3.63) is 35.4 Å². The number of nitrogens with one attached hydrogen (secondary N) is 2. The summed E-state index contributed by atoms with van der Waals surface area (Å²) in [6.45, 7) is 3.91. The monoisotopic (exact) mass is 286 g/mol. The Morgan fingerprint density at radius 2 is 2.05 bits per heavy atom. The van der Waals surface area contributed by atoms with Gasteiger partial charge in [0.2, 0.25) is 5.91 Å². The summed E-state index contributed by atoms with van der Waals surface area (Å²) >= 11 is 0. The fourth-order valence-electron chi connectivity index (χ4n) is 1.82. The van der Waals surface area contributed by atoms with Crippen LogP contribution in [0.3, 0.4) is 0 Å². The topological polar surface area (TPSA) is 61.4 Å². The van der Waals surface area contributed by atoms with Gasteiger partial charge in [-0.15, -0.1) is 0 Å². The lowest BCUT2D eigenvalue weighted by Crippen LogP contribution is -2.43. The van der Waals surface area contributed by atoms with Crippen LogP contribution in [0, 0.1) is 17.0 Å². The van der Waals surface area contributed by atoms with Crippen LogP contribution in [0.2, 0.25) is 0 Å². The van der Waals surface area contributed by atoms with E-state index in [0.717, 1.165) is 12.1 Å². The zero-order valence-corrected chi connectivity index (χ0v) is 11.8. The smallest absolute Gasteiger partial charge is 0.226 e. The normalized spacial score (nSPS) is 13.1. The molecule has 0 aliphatic heterocycles. The third-order valence-electron chi connectivity index (χ3n) is 3.07. The van der Waals surface area contributed by atoms with E-state index < -0.39 is 23.2 Å². The van der Waals surface area contributed by atoms with Crippen molar-refractivity contribution in [1.29, 1.82) is 0 Å². The molecule has 0 aliphatic rings. The van der Waals surface area contributed by atoms with Crippen LogP contribution in [-0.2, 0) is 4.79 Å². The maximum Gasteiger partial charge on any atom is 0.226 e. The lowest BCUT2D eigenvalue weighted by Gasteiger charge is -2.24. The minimum absolute atomic E-state index is 0.0247. The molecule has 0 aromatic heterocycles. The van der Waals surface area contributed by atoms with Crippen LogP contribution in [0.1, 0.15) is 25.5 Å². The van der Waals surface area contributed by atoms with Crippen molar-refractivity contribution < 1.29 is 18.7 Å². The summed E-state index contributed by atoms with van der Waals surface area (Å²) in [5.41, 5.74) is -0.618. The van der Waals surface area contributed by atoms with Gasteiger partial charge in [-0.2, -0.15) is 0 Å². The van der Waals surface area contributed by atoms with E-state index in [-0.39, 0.29) is 18.0 Å². The summed E-state index contributed by atoms with van der Waals surface area (Å²) in [4.78, 5) is 11.6. The van der Waals surface area contributed by atoms with Crippen LogP contribution in [0.4, 0.5) is 8.78 Å². The number of hydrogen-bond donors (Lipinski definition) is 3. The first-order valence-corrected chi connectivity index (χ1v) is 6.34. The minimum Gasteiger partial charge on any atom is -0.387 e. The fraction of sp³-hybridized carbons (Fsp3) is 0.500. The molecule has 1 unspecified atom stereocenters. The highest BCUT2D eigenvalue weighted by molar-refractivity contribution is 5.81. The number of hydrogen-bond acceptors (Lipinski definition) is 3. The Kier molecular flexibility index (Phi) is 5.59. The first-order valence-electron chi connectivity index (χ1n) is 6.34. The molecule has 0 heterocycles. The SMILES string of the molecule is CNC(=O)C(C)(C)CNCC(O)c1ccc(F)cc1F. The number of benzene rings is 1. The maximum absolute atomic E-state index is 13.5. The molecule has 1 amide bonds. The Morgan fingerprint density at radius 1 is 1.40 bits per heavy atom. The molecule has 0 bridgehead atoms. The fourth-order valence-corrected chi connectivity index (χ4v) is 1.82. The van der Waals surface area contributed by atoms with Gasteiger partial charge in [0.15, 0.2) is 0 Å². The Labute approximate surface area is 117 Å².